The number of aryl methyl sites for hydroxylation is 1. The number of rotatable bonds is 5. The number of nitrogens with zero attached hydrogens (tertiary/aromatic N) is 2. The fourth-order valence-corrected chi connectivity index (χ4v) is 3.33. The molecule has 33 heavy (non-hydrogen) atoms. The summed E-state index contributed by atoms with van der Waals surface area (Å²) < 4.78 is 10.9. The molecule has 1 heterocycles. The number of carbonyl (C=O) groups is 1. The number of aliphatic hydroxyl groups excluding tert-OH is 1. The minimum absolute atomic E-state index is 0. The van der Waals surface area contributed by atoms with Crippen molar-refractivity contribution in [1.29, 1.82) is 0 Å². The van der Waals surface area contributed by atoms with Crippen molar-refractivity contribution in [3.8, 4) is 22.8 Å². The third kappa shape index (κ3) is 5.64. The molecule has 0 aliphatic heterocycles. The van der Waals surface area contributed by atoms with Gasteiger partial charge in [-0.1, -0.05) is 37.8 Å². The van der Waals surface area contributed by atoms with Crippen LogP contribution in [0.4, 0.5) is 5.69 Å². The summed E-state index contributed by atoms with van der Waals surface area (Å²) in [4.78, 5) is 21.7. The van der Waals surface area contributed by atoms with Crippen LogP contribution < -0.4 is 14.8 Å². The molecule has 0 fully saturated rings. The van der Waals surface area contributed by atoms with E-state index in [1.54, 1.807) is 26.4 Å². The maximum atomic E-state index is 12.5. The van der Waals surface area contributed by atoms with Crippen molar-refractivity contribution in [2.75, 3.05) is 26.6 Å². The Balaban J connectivity index is 0.00000125. The first-order valence-corrected chi connectivity index (χ1v) is 9.91. The van der Waals surface area contributed by atoms with Crippen LogP contribution in [-0.2, 0) is 0 Å². The Kier molecular flexibility index (Phi) is 8.89. The van der Waals surface area contributed by atoms with Crippen molar-refractivity contribution in [1.82, 2.24) is 9.97 Å². The summed E-state index contributed by atoms with van der Waals surface area (Å²) in [6.07, 6.45) is 0. The molecule has 0 aliphatic carbocycles. The number of amides is 1. The van der Waals surface area contributed by atoms with Gasteiger partial charge in [0, 0.05) is 35.4 Å². The predicted octanol–water partition coefficient (Wildman–Crippen LogP) is 5.12. The number of aromatic nitrogens is 2. The molecule has 4 aromatic rings. The van der Waals surface area contributed by atoms with Crippen molar-refractivity contribution in [2.24, 2.45) is 0 Å². The Hall–Kier alpha value is -3.97. The van der Waals surface area contributed by atoms with Gasteiger partial charge in [0.2, 0.25) is 0 Å². The van der Waals surface area contributed by atoms with Gasteiger partial charge < -0.3 is 19.9 Å². The minimum Gasteiger partial charge on any atom is -0.493 e. The highest BCUT2D eigenvalue weighted by molar-refractivity contribution is 6.04. The summed E-state index contributed by atoms with van der Waals surface area (Å²) in [5.74, 6) is 1.69. The first-order chi connectivity index (χ1) is 15.6. The van der Waals surface area contributed by atoms with E-state index in [2.05, 4.69) is 15.3 Å². The summed E-state index contributed by atoms with van der Waals surface area (Å²) >= 11 is 0. The van der Waals surface area contributed by atoms with E-state index < -0.39 is 0 Å². The van der Waals surface area contributed by atoms with Crippen molar-refractivity contribution < 1.29 is 19.4 Å². The lowest BCUT2D eigenvalue weighted by Gasteiger charge is -2.13. The lowest BCUT2D eigenvalue weighted by molar-refractivity contribution is 0.102. The minimum atomic E-state index is -0.164. The highest BCUT2D eigenvalue weighted by atomic mass is 16.5. The maximum Gasteiger partial charge on any atom is 0.255 e. The first-order valence-electron chi connectivity index (χ1n) is 9.91. The fraction of sp³-hybridized carbons (Fsp3) is 0.192. The molecule has 7 nitrogen and oxygen atoms in total. The van der Waals surface area contributed by atoms with Crippen LogP contribution in [0.2, 0.25) is 0 Å². The van der Waals surface area contributed by atoms with Gasteiger partial charge in [0.25, 0.3) is 5.91 Å². The van der Waals surface area contributed by atoms with Gasteiger partial charge >= 0.3 is 0 Å². The summed E-state index contributed by atoms with van der Waals surface area (Å²) in [5.41, 5.74) is 3.67. The van der Waals surface area contributed by atoms with Crippen LogP contribution in [0.3, 0.4) is 0 Å². The molecular formula is C26H29N3O4. The van der Waals surface area contributed by atoms with E-state index in [0.29, 0.717) is 28.6 Å². The van der Waals surface area contributed by atoms with Gasteiger partial charge in [-0.3, -0.25) is 4.79 Å². The molecule has 1 amide bonds. The third-order valence-electron chi connectivity index (χ3n) is 4.74. The molecule has 0 bridgehead atoms. The third-order valence-corrected chi connectivity index (χ3v) is 4.74. The molecular weight excluding hydrogens is 418 g/mol. The van der Waals surface area contributed by atoms with E-state index in [0.717, 1.165) is 29.3 Å². The van der Waals surface area contributed by atoms with Gasteiger partial charge in [-0.25, -0.2) is 9.97 Å². The Morgan fingerprint density at radius 3 is 2.21 bits per heavy atom. The zero-order valence-electron chi connectivity index (χ0n) is 18.4. The number of hydrogen-bond acceptors (Lipinski definition) is 6. The summed E-state index contributed by atoms with van der Waals surface area (Å²) in [6, 6.07) is 20.4. The van der Waals surface area contributed by atoms with E-state index in [-0.39, 0.29) is 13.3 Å². The van der Waals surface area contributed by atoms with Crippen LogP contribution in [0, 0.1) is 6.92 Å². The number of anilines is 1. The second-order valence-corrected chi connectivity index (χ2v) is 6.74. The van der Waals surface area contributed by atoms with Crippen LogP contribution in [0.5, 0.6) is 11.5 Å². The van der Waals surface area contributed by atoms with E-state index >= 15 is 0 Å². The average molecular weight is 448 g/mol. The molecule has 0 radical (unpaired) electrons. The van der Waals surface area contributed by atoms with Crippen LogP contribution in [0.1, 0.15) is 23.6 Å². The highest BCUT2D eigenvalue weighted by Crippen LogP contribution is 2.36. The standard InChI is InChI=1S/C24H21N3O3.CH4O.CH4/c1-15-25-20-14-22(30-3)21(29-2)13-19(20)23(26-15)17-10-7-11-18(12-17)27-24(28)16-8-5-4-6-9-16;1-2;/h4-14H,1-3H3,(H,27,28);2H,1H3;1H4. The van der Waals surface area contributed by atoms with E-state index in [9.17, 15) is 4.79 Å². The van der Waals surface area contributed by atoms with Gasteiger partial charge in [0.15, 0.2) is 11.5 Å². The highest BCUT2D eigenvalue weighted by Gasteiger charge is 2.14. The van der Waals surface area contributed by atoms with Crippen LogP contribution >= 0.6 is 0 Å². The Bertz CT molecular complexity index is 1230. The lowest BCUT2D eigenvalue weighted by Crippen LogP contribution is -2.11. The molecule has 0 saturated carbocycles. The number of fused-ring (bicyclic) bond motifs is 1. The van der Waals surface area contributed by atoms with E-state index in [4.69, 9.17) is 14.6 Å². The summed E-state index contributed by atoms with van der Waals surface area (Å²) in [6.45, 7) is 1.85. The van der Waals surface area contributed by atoms with Crippen molar-refractivity contribution in [2.45, 2.75) is 14.4 Å². The van der Waals surface area contributed by atoms with Gasteiger partial charge in [-0.2, -0.15) is 0 Å². The summed E-state index contributed by atoms with van der Waals surface area (Å²) in [5, 5.41) is 10.8. The normalized spacial score (nSPS) is 9.85. The number of carbonyl (C=O) groups excluding carboxylic acids is 1. The molecule has 1 aromatic heterocycles. The Morgan fingerprint density at radius 2 is 1.55 bits per heavy atom. The quantitative estimate of drug-likeness (QED) is 0.441. The maximum absolute atomic E-state index is 12.5. The first kappa shape index (κ1) is 25.3. The molecule has 0 saturated heterocycles. The number of aliphatic hydroxyl groups is 1. The second-order valence-electron chi connectivity index (χ2n) is 6.74. The molecule has 3 aromatic carbocycles. The van der Waals surface area contributed by atoms with E-state index in [1.807, 2.05) is 61.5 Å². The van der Waals surface area contributed by atoms with Gasteiger partial charge in [0.1, 0.15) is 5.82 Å². The zero-order valence-corrected chi connectivity index (χ0v) is 18.4. The monoisotopic (exact) mass is 447 g/mol. The number of ether oxygens (including phenoxy) is 2. The Labute approximate surface area is 194 Å². The topological polar surface area (TPSA) is 93.6 Å². The molecule has 7 heteroatoms. The molecule has 0 aliphatic rings. The van der Waals surface area contributed by atoms with Crippen LogP contribution in [0.25, 0.3) is 22.2 Å². The van der Waals surface area contributed by atoms with E-state index in [1.165, 1.54) is 0 Å². The number of hydrogen-bond donors (Lipinski definition) is 2. The van der Waals surface area contributed by atoms with Crippen molar-refractivity contribution >= 4 is 22.5 Å². The van der Waals surface area contributed by atoms with Gasteiger partial charge in [-0.15, -0.1) is 0 Å². The largest absolute Gasteiger partial charge is 0.493 e. The second kappa shape index (κ2) is 11.6. The molecule has 4 rings (SSSR count). The molecule has 0 unspecified atom stereocenters. The smallest absolute Gasteiger partial charge is 0.255 e. The molecule has 2 N–H and O–H groups in total. The summed E-state index contributed by atoms with van der Waals surface area (Å²) in [7, 11) is 4.19. The van der Waals surface area contributed by atoms with Crippen LogP contribution in [-0.4, -0.2) is 42.3 Å². The number of methoxy groups -OCH3 is 2. The molecule has 172 valence electrons. The van der Waals surface area contributed by atoms with Gasteiger partial charge in [-0.05, 0) is 37.3 Å². The average Bonchev–Trinajstić information content (AvgIpc) is 2.84. The predicted molar refractivity (Wildman–Crippen MR) is 132 cm³/mol. The Morgan fingerprint density at radius 1 is 0.879 bits per heavy atom. The number of nitrogens with one attached hydrogen (secondary N) is 1. The zero-order chi connectivity index (χ0) is 23.1. The number of benzene rings is 3. The fourth-order valence-electron chi connectivity index (χ4n) is 3.33. The van der Waals surface area contributed by atoms with Crippen molar-refractivity contribution in [3.05, 3.63) is 78.1 Å². The molecule has 0 atom stereocenters. The molecule has 0 spiro atoms. The van der Waals surface area contributed by atoms with Gasteiger partial charge in [0.05, 0.1) is 25.4 Å². The van der Waals surface area contributed by atoms with Crippen molar-refractivity contribution in [3.63, 3.8) is 0 Å². The lowest BCUT2D eigenvalue weighted by atomic mass is 10.0. The van der Waals surface area contributed by atoms with Crippen LogP contribution in [0.15, 0.2) is 66.7 Å². The SMILES string of the molecule is C.CO.COc1cc2nc(C)nc(-c3cccc(NC(=O)c4ccccc4)c3)c2cc1OC.